The van der Waals surface area contributed by atoms with Crippen molar-refractivity contribution >= 4 is 209 Å². The summed E-state index contributed by atoms with van der Waals surface area (Å²) in [5.41, 5.74) is 31.7. The number of para-hydroxylation sites is 16. The Kier molecular flexibility index (Phi) is 23.4. The predicted octanol–water partition coefficient (Wildman–Crippen LogP) is 34.8. The van der Waals surface area contributed by atoms with Gasteiger partial charge in [0.25, 0.3) is 0 Å². The fourth-order valence-corrected chi connectivity index (χ4v) is 21.3. The van der Waals surface area contributed by atoms with E-state index in [0.29, 0.717) is 0 Å². The zero-order valence-electron chi connectivity index (χ0n) is 78.6. The molecule has 11 nitrogen and oxygen atoms in total. The van der Waals surface area contributed by atoms with E-state index in [2.05, 4.69) is 469 Å². The van der Waals surface area contributed by atoms with Crippen molar-refractivity contribution in [2.75, 3.05) is 0 Å². The molecule has 11 heteroatoms. The van der Waals surface area contributed by atoms with E-state index in [1.165, 1.54) is 131 Å². The molecule has 142 heavy (non-hydrogen) atoms. The highest BCUT2D eigenvalue weighted by molar-refractivity contribution is 6.31. The number of imidazole rings is 2. The van der Waals surface area contributed by atoms with E-state index in [1.54, 1.807) is 6.08 Å². The average molecular weight is 1830 g/mol. The molecular weight excluding hydrogens is 1730 g/mol. The second-order valence-corrected chi connectivity index (χ2v) is 34.5. The lowest BCUT2D eigenvalue weighted by Crippen LogP contribution is -2.01. The molecule has 0 radical (unpaired) electrons. The lowest BCUT2D eigenvalue weighted by Gasteiger charge is -2.13. The third kappa shape index (κ3) is 14.5. The molecule has 10 heterocycles. The third-order valence-electron chi connectivity index (χ3n) is 26.8. The lowest BCUT2D eigenvalue weighted by molar-refractivity contribution is 1.09. The fraction of sp³-hybridized carbons (Fsp3) is 0. The SMILES string of the molecule is C=C/C=C(\C=C)n1c2ccccc2c2c1c1ccccc1n2-c1ccccc1.C=C/C=C(\C=C)n1c2ccccc2c2c1ccc1c3ccccc3n(-c3ccccc3)c12.C=C/C=C(\C=C)n1c2ccccc2c2c3c4ccccc4n(-c4ccccc4)c3ccc21.C=C/C=C(\C=C)n1c2ccccc2c2c3ccccc3n(-c3ccccc3)c21.C=C/C=C(\C=C)n1c2ccccc2n2c3ccccc3nc12. The molecule has 16 aromatic carbocycles. The second kappa shape index (κ2) is 37.8. The Balaban J connectivity index is 0.000000102. The maximum atomic E-state index is 4.81. The van der Waals surface area contributed by atoms with Crippen LogP contribution in [0.2, 0.25) is 0 Å². The maximum Gasteiger partial charge on any atom is 0.220 e. The van der Waals surface area contributed by atoms with Gasteiger partial charge in [-0.1, -0.05) is 345 Å². The summed E-state index contributed by atoms with van der Waals surface area (Å²) < 4.78 is 22.9. The number of hydrogen-bond acceptors (Lipinski definition) is 1. The molecule has 26 aromatic rings. The Morgan fingerprint density at radius 2 is 0.479 bits per heavy atom. The largest absolute Gasteiger partial charge is 0.309 e. The van der Waals surface area contributed by atoms with Crippen LogP contribution in [0, 0.1) is 0 Å². The van der Waals surface area contributed by atoms with Crippen LogP contribution in [-0.4, -0.2) is 50.5 Å². The molecule has 0 N–H and O–H groups in total. The quantitative estimate of drug-likeness (QED) is 0.0744. The summed E-state index contributed by atoms with van der Waals surface area (Å²) in [4.78, 5) is 4.81. The van der Waals surface area contributed by atoms with E-state index in [9.17, 15) is 0 Å². The molecule has 0 aliphatic rings. The van der Waals surface area contributed by atoms with Crippen LogP contribution in [0.3, 0.4) is 0 Å². The van der Waals surface area contributed by atoms with Crippen LogP contribution in [0.1, 0.15) is 0 Å². The molecule has 0 saturated heterocycles. The number of benzene rings is 16. The van der Waals surface area contributed by atoms with Crippen molar-refractivity contribution in [1.29, 1.82) is 0 Å². The Labute approximate surface area is 822 Å². The van der Waals surface area contributed by atoms with Gasteiger partial charge in [-0.15, -0.1) is 0 Å². The van der Waals surface area contributed by atoms with Crippen molar-refractivity contribution < 1.29 is 0 Å². The molecule has 0 amide bonds. The highest BCUT2D eigenvalue weighted by atomic mass is 15.2. The molecule has 0 saturated carbocycles. The molecule has 0 fully saturated rings. The van der Waals surface area contributed by atoms with Gasteiger partial charge in [-0.25, -0.2) is 4.98 Å². The van der Waals surface area contributed by atoms with Gasteiger partial charge in [0.2, 0.25) is 5.78 Å². The van der Waals surface area contributed by atoms with Crippen molar-refractivity contribution in [3.8, 4) is 22.7 Å². The average Bonchev–Trinajstić information content (AvgIpc) is 1.71. The summed E-state index contributed by atoms with van der Waals surface area (Å²) in [6.45, 7) is 39.6. The first kappa shape index (κ1) is 88.1. The Hall–Kier alpha value is -19.2. The first-order valence-electron chi connectivity index (χ1n) is 47.5. The van der Waals surface area contributed by atoms with Gasteiger partial charge in [-0.05, 0) is 200 Å². The van der Waals surface area contributed by atoms with Crippen LogP contribution in [0.25, 0.3) is 232 Å². The Morgan fingerprint density at radius 3 is 0.965 bits per heavy atom. The fourth-order valence-electron chi connectivity index (χ4n) is 21.3. The number of aromatic nitrogens is 11. The normalized spacial score (nSPS) is 12.2. The molecule has 0 aliphatic carbocycles. The first-order valence-corrected chi connectivity index (χ1v) is 47.5. The smallest absolute Gasteiger partial charge is 0.220 e. The Bertz CT molecular complexity index is 9770. The van der Waals surface area contributed by atoms with Crippen LogP contribution in [0.15, 0.2) is 545 Å². The summed E-state index contributed by atoms with van der Waals surface area (Å²) in [6, 6.07) is 137. The van der Waals surface area contributed by atoms with Crippen molar-refractivity contribution in [3.05, 3.63) is 545 Å². The van der Waals surface area contributed by atoms with Gasteiger partial charge < -0.3 is 27.4 Å². The zero-order valence-corrected chi connectivity index (χ0v) is 78.6. The molecule has 10 aromatic heterocycles. The number of fused-ring (bicyclic) bond motifs is 29. The molecule has 678 valence electrons. The van der Waals surface area contributed by atoms with E-state index < -0.39 is 0 Å². The second-order valence-electron chi connectivity index (χ2n) is 34.5. The molecule has 0 spiro atoms. The minimum absolute atomic E-state index is 0.885. The topological polar surface area (TPSA) is 61.7 Å². The van der Waals surface area contributed by atoms with Gasteiger partial charge in [0.05, 0.1) is 99.3 Å². The van der Waals surface area contributed by atoms with E-state index in [1.807, 2.05) is 115 Å². The van der Waals surface area contributed by atoms with Crippen molar-refractivity contribution in [2.24, 2.45) is 0 Å². The molecule has 0 unspecified atom stereocenters. The molecule has 26 rings (SSSR count). The van der Waals surface area contributed by atoms with Crippen LogP contribution in [0.4, 0.5) is 0 Å². The van der Waals surface area contributed by atoms with E-state index in [0.717, 1.165) is 101 Å². The zero-order chi connectivity index (χ0) is 96.6. The third-order valence-corrected chi connectivity index (χ3v) is 26.8. The van der Waals surface area contributed by atoms with Crippen molar-refractivity contribution in [3.63, 3.8) is 0 Å². The van der Waals surface area contributed by atoms with Crippen LogP contribution < -0.4 is 0 Å². The highest BCUT2D eigenvalue weighted by Crippen LogP contribution is 2.48. The molecular formula is C131H99N11. The highest BCUT2D eigenvalue weighted by Gasteiger charge is 2.28. The minimum atomic E-state index is 0.885. The summed E-state index contributed by atoms with van der Waals surface area (Å²) >= 11 is 0. The maximum absolute atomic E-state index is 4.81. The lowest BCUT2D eigenvalue weighted by atomic mass is 10.1. The van der Waals surface area contributed by atoms with E-state index in [4.69, 9.17) is 4.98 Å². The standard InChI is InChI=1S/2C30H22N2.2C26H20N2.C19H15N3/c1-3-12-21(4-2)31-27-18-11-9-16-25(27)29-28(31)20-19-24-23-15-8-10-17-26(23)32(30(24)29)22-13-6-5-7-14-22;1-3-12-21(4-2)31-25-17-10-8-15-23(25)29-27(31)19-20-28-30(29)24-16-9-11-18-26(24)32(28)22-13-6-5-7-14-22;1-3-12-19(4-2)27-23-17-10-8-15-21(23)26-25(27)22-16-9-11-18-24(22)28(26)20-13-6-5-7-14-20;1-3-12-19(4-2)27-23-17-10-8-15-21(23)25-22-16-9-11-18-24(22)28(26(25)27)20-13-6-5-7-14-20;1-3-9-14(4-2)21-17-12-7-8-13-18(17)22-16-11-6-5-10-15(16)20-19(21)22/h2*3-20H,1-2H2;2*3-18H,1-2H2;3-13H,1-2H2/b2*21-12+;2*19-12+;14-9+. The van der Waals surface area contributed by atoms with E-state index >= 15 is 0 Å². The van der Waals surface area contributed by atoms with E-state index in [-0.39, 0.29) is 0 Å². The van der Waals surface area contributed by atoms with Crippen LogP contribution >= 0.6 is 0 Å². The Morgan fingerprint density at radius 1 is 0.183 bits per heavy atom. The number of rotatable bonds is 19. The van der Waals surface area contributed by atoms with Gasteiger partial charge in [0.15, 0.2) is 0 Å². The van der Waals surface area contributed by atoms with Gasteiger partial charge in [0.1, 0.15) is 5.65 Å². The van der Waals surface area contributed by atoms with Crippen molar-refractivity contribution in [1.82, 2.24) is 50.5 Å². The van der Waals surface area contributed by atoms with Gasteiger partial charge in [-0.2, -0.15) is 0 Å². The number of hydrogen-bond donors (Lipinski definition) is 0. The summed E-state index contributed by atoms with van der Waals surface area (Å²) in [5.74, 6) is 0.885. The monoisotopic (exact) mass is 1830 g/mol. The van der Waals surface area contributed by atoms with Gasteiger partial charge in [-0.3, -0.25) is 18.1 Å². The molecule has 0 aliphatic heterocycles. The van der Waals surface area contributed by atoms with Gasteiger partial charge in [0, 0.05) is 121 Å². The summed E-state index contributed by atoms with van der Waals surface area (Å²) in [6.07, 6.45) is 28.4. The van der Waals surface area contributed by atoms with Crippen LogP contribution in [-0.2, 0) is 0 Å². The van der Waals surface area contributed by atoms with Gasteiger partial charge >= 0.3 is 0 Å². The number of nitrogens with zero attached hydrogens (tertiary/aromatic N) is 11. The van der Waals surface area contributed by atoms with Crippen LogP contribution in [0.5, 0.6) is 0 Å². The summed E-state index contributed by atoms with van der Waals surface area (Å²) in [7, 11) is 0. The number of allylic oxidation sites excluding steroid dienone is 20. The predicted molar refractivity (Wildman–Crippen MR) is 612 cm³/mol. The molecule has 0 bridgehead atoms. The minimum Gasteiger partial charge on any atom is -0.309 e. The first-order chi connectivity index (χ1) is 70.2. The molecule has 0 atom stereocenters. The van der Waals surface area contributed by atoms with Crippen molar-refractivity contribution in [2.45, 2.75) is 0 Å². The summed E-state index contributed by atoms with van der Waals surface area (Å²) in [5, 5.41) is 16.2.